The molecule has 0 fully saturated rings. The van der Waals surface area contributed by atoms with Gasteiger partial charge in [0.25, 0.3) is 0 Å². The van der Waals surface area contributed by atoms with Gasteiger partial charge in [-0.1, -0.05) is 0 Å². The lowest BCUT2D eigenvalue weighted by atomic mass is 10.0. The number of hydrogen-bond acceptors (Lipinski definition) is 5. The predicted octanol–water partition coefficient (Wildman–Crippen LogP) is 3.67. The Morgan fingerprint density at radius 1 is 0.800 bits per heavy atom. The van der Waals surface area contributed by atoms with Crippen LogP contribution in [0.4, 0.5) is 45.2 Å². The summed E-state index contributed by atoms with van der Waals surface area (Å²) in [5.74, 6) is -27.0. The van der Waals surface area contributed by atoms with Gasteiger partial charge in [-0.2, -0.15) is 39.5 Å². The van der Waals surface area contributed by atoms with E-state index in [-0.39, 0.29) is 0 Å². The summed E-state index contributed by atoms with van der Waals surface area (Å²) in [6, 6.07) is 2.00. The molecule has 30 heavy (non-hydrogen) atoms. The molecule has 1 N–H and O–H groups in total. The van der Waals surface area contributed by atoms with E-state index in [2.05, 4.69) is 9.47 Å². The number of esters is 2. The third-order valence-electron chi connectivity index (χ3n) is 3.52. The van der Waals surface area contributed by atoms with Crippen molar-refractivity contribution in [1.82, 2.24) is 0 Å². The van der Waals surface area contributed by atoms with Crippen molar-refractivity contribution in [1.29, 1.82) is 0 Å². The lowest BCUT2D eigenvalue weighted by Crippen LogP contribution is -2.64. The van der Waals surface area contributed by atoms with Crippen LogP contribution in [0.2, 0.25) is 0 Å². The highest BCUT2D eigenvalue weighted by atomic mass is 19.4. The number of benzene rings is 1. The zero-order valence-corrected chi connectivity index (χ0v) is 14.7. The van der Waals surface area contributed by atoms with Crippen molar-refractivity contribution in [3.63, 3.8) is 0 Å². The van der Waals surface area contributed by atoms with Gasteiger partial charge in [-0.15, -0.1) is 0 Å². The Morgan fingerprint density at radius 2 is 1.30 bits per heavy atom. The fourth-order valence-corrected chi connectivity index (χ4v) is 1.90. The molecule has 0 aliphatic heterocycles. The molecule has 1 amide bonds. The number of halogens is 9. The molecule has 1 aromatic rings. The summed E-state index contributed by atoms with van der Waals surface area (Å²) in [7, 11) is 1.64. The third kappa shape index (κ3) is 4.14. The summed E-state index contributed by atoms with van der Waals surface area (Å²) in [5.41, 5.74) is -2.48. The Balaban J connectivity index is 3.46. The molecule has 0 spiro atoms. The first kappa shape index (κ1) is 25.0. The summed E-state index contributed by atoms with van der Waals surface area (Å²) in [4.78, 5) is 34.6. The molecule has 6 nitrogen and oxygen atoms in total. The number of alkyl halides is 9. The maximum atomic E-state index is 13.7. The molecular weight excluding hydrogens is 445 g/mol. The Morgan fingerprint density at radius 3 is 1.73 bits per heavy atom. The molecule has 0 saturated heterocycles. The van der Waals surface area contributed by atoms with E-state index < -0.39 is 58.6 Å². The zero-order chi connectivity index (χ0) is 23.7. The van der Waals surface area contributed by atoms with Gasteiger partial charge < -0.3 is 14.8 Å². The second-order valence-electron chi connectivity index (χ2n) is 5.42. The quantitative estimate of drug-likeness (QED) is 0.523. The zero-order valence-electron chi connectivity index (χ0n) is 14.7. The number of ether oxygens (including phenoxy) is 2. The van der Waals surface area contributed by atoms with Gasteiger partial charge in [0.2, 0.25) is 0 Å². The van der Waals surface area contributed by atoms with Gasteiger partial charge in [0, 0.05) is 0 Å². The number of hydrogen-bond donors (Lipinski definition) is 1. The number of carbonyl (C=O) groups is 3. The van der Waals surface area contributed by atoms with Crippen LogP contribution < -0.4 is 5.32 Å². The SMILES string of the molecule is COC(=O)c1ccc(C(=O)OC)c(NC(=O)C(F)(F)C(F)(F)C(F)(F)C(F)(F)F)c1. The standard InChI is InChI=1S/C15H10F9NO5/c1-29-9(26)6-3-4-7(10(27)30-2)8(5-6)25-11(28)12(16,17)13(18,19)14(20,21)15(22,23)24/h3-5H,1-2H3,(H,25,28). The average Bonchev–Trinajstić information content (AvgIpc) is 2.65. The fraction of sp³-hybridized carbons (Fsp3) is 0.400. The van der Waals surface area contributed by atoms with Crippen LogP contribution in [-0.4, -0.2) is 56.0 Å². The van der Waals surface area contributed by atoms with Crippen molar-refractivity contribution >= 4 is 23.5 Å². The largest absolute Gasteiger partial charge is 0.465 e. The molecule has 0 aliphatic carbocycles. The number of carbonyl (C=O) groups excluding carboxylic acids is 3. The van der Waals surface area contributed by atoms with Gasteiger partial charge in [-0.05, 0) is 18.2 Å². The summed E-state index contributed by atoms with van der Waals surface area (Å²) < 4.78 is 125. The van der Waals surface area contributed by atoms with Crippen molar-refractivity contribution in [2.24, 2.45) is 0 Å². The maximum Gasteiger partial charge on any atom is 0.460 e. The van der Waals surface area contributed by atoms with Crippen LogP contribution in [-0.2, 0) is 14.3 Å². The van der Waals surface area contributed by atoms with Gasteiger partial charge in [-0.3, -0.25) is 4.79 Å². The number of nitrogens with one attached hydrogen (secondary N) is 1. The van der Waals surface area contributed by atoms with Crippen LogP contribution in [0.15, 0.2) is 18.2 Å². The normalized spacial score (nSPS) is 12.9. The Labute approximate surface area is 160 Å². The molecule has 0 aliphatic rings. The molecule has 0 bridgehead atoms. The van der Waals surface area contributed by atoms with Gasteiger partial charge in [0.15, 0.2) is 0 Å². The highest BCUT2D eigenvalue weighted by molar-refractivity contribution is 6.05. The monoisotopic (exact) mass is 455 g/mol. The molecule has 0 atom stereocenters. The van der Waals surface area contributed by atoms with Crippen LogP contribution in [0.1, 0.15) is 20.7 Å². The van der Waals surface area contributed by atoms with E-state index in [4.69, 9.17) is 0 Å². The van der Waals surface area contributed by atoms with Crippen molar-refractivity contribution in [3.8, 4) is 0 Å². The summed E-state index contributed by atoms with van der Waals surface area (Å²) in [6.45, 7) is 0. The lowest BCUT2D eigenvalue weighted by molar-refractivity contribution is -0.388. The Hall–Kier alpha value is -3.00. The summed E-state index contributed by atoms with van der Waals surface area (Å²) in [5, 5.41) is 0.937. The first-order chi connectivity index (χ1) is 13.5. The second kappa shape index (κ2) is 8.02. The fourth-order valence-electron chi connectivity index (χ4n) is 1.90. The van der Waals surface area contributed by atoms with E-state index in [9.17, 15) is 53.9 Å². The number of amides is 1. The van der Waals surface area contributed by atoms with Gasteiger partial charge >= 0.3 is 41.8 Å². The molecule has 168 valence electrons. The van der Waals surface area contributed by atoms with E-state index in [1.54, 1.807) is 0 Å². The summed E-state index contributed by atoms with van der Waals surface area (Å²) >= 11 is 0. The van der Waals surface area contributed by atoms with Crippen molar-refractivity contribution in [2.45, 2.75) is 23.9 Å². The molecule has 0 saturated carbocycles. The Kier molecular flexibility index (Phi) is 6.70. The van der Waals surface area contributed by atoms with Crippen molar-refractivity contribution in [2.75, 3.05) is 19.5 Å². The number of anilines is 1. The Bertz CT molecular complexity index is 851. The highest BCUT2D eigenvalue weighted by Gasteiger charge is 2.83. The van der Waals surface area contributed by atoms with Crippen LogP contribution in [0.25, 0.3) is 0 Å². The molecule has 0 radical (unpaired) electrons. The average molecular weight is 455 g/mol. The van der Waals surface area contributed by atoms with Crippen molar-refractivity contribution < 1.29 is 63.4 Å². The van der Waals surface area contributed by atoms with E-state index >= 15 is 0 Å². The molecule has 15 heteroatoms. The maximum absolute atomic E-state index is 13.7. The second-order valence-corrected chi connectivity index (χ2v) is 5.42. The first-order valence-corrected chi connectivity index (χ1v) is 7.28. The molecule has 0 heterocycles. The van der Waals surface area contributed by atoms with Gasteiger partial charge in [0.1, 0.15) is 0 Å². The van der Waals surface area contributed by atoms with Crippen molar-refractivity contribution in [3.05, 3.63) is 29.3 Å². The van der Waals surface area contributed by atoms with E-state index in [1.807, 2.05) is 0 Å². The molecule has 1 rings (SSSR count). The predicted molar refractivity (Wildman–Crippen MR) is 78.6 cm³/mol. The van der Waals surface area contributed by atoms with E-state index in [1.165, 1.54) is 0 Å². The van der Waals surface area contributed by atoms with Gasteiger partial charge in [0.05, 0.1) is 31.0 Å². The van der Waals surface area contributed by atoms with Crippen LogP contribution in [0, 0.1) is 0 Å². The number of methoxy groups -OCH3 is 2. The van der Waals surface area contributed by atoms with E-state index in [0.29, 0.717) is 12.1 Å². The third-order valence-corrected chi connectivity index (χ3v) is 3.52. The minimum absolute atomic E-state index is 0.451. The lowest BCUT2D eigenvalue weighted by Gasteiger charge is -2.32. The number of rotatable bonds is 6. The van der Waals surface area contributed by atoms with E-state index in [0.717, 1.165) is 25.6 Å². The van der Waals surface area contributed by atoms with Crippen LogP contribution >= 0.6 is 0 Å². The van der Waals surface area contributed by atoms with Gasteiger partial charge in [-0.25, -0.2) is 9.59 Å². The molecule has 0 unspecified atom stereocenters. The summed E-state index contributed by atoms with van der Waals surface area (Å²) in [6.07, 6.45) is -7.12. The molecule has 1 aromatic carbocycles. The smallest absolute Gasteiger partial charge is 0.460 e. The van der Waals surface area contributed by atoms with Crippen LogP contribution in [0.5, 0.6) is 0 Å². The molecule has 0 aromatic heterocycles. The molecular formula is C15H10F9NO5. The topological polar surface area (TPSA) is 81.7 Å². The van der Waals surface area contributed by atoms with Crippen LogP contribution in [0.3, 0.4) is 0 Å². The highest BCUT2D eigenvalue weighted by Crippen LogP contribution is 2.53. The first-order valence-electron chi connectivity index (χ1n) is 7.28. The minimum atomic E-state index is -7.29. The minimum Gasteiger partial charge on any atom is -0.465 e.